The van der Waals surface area contributed by atoms with Gasteiger partial charge in [0.1, 0.15) is 0 Å². The van der Waals surface area contributed by atoms with Gasteiger partial charge in [-0.2, -0.15) is 5.10 Å². The maximum atomic E-state index is 4.46. The Labute approximate surface area is 116 Å². The topological polar surface area (TPSA) is 41.9 Å². The Balaban J connectivity index is 1.57. The van der Waals surface area contributed by atoms with E-state index in [4.69, 9.17) is 0 Å². The van der Waals surface area contributed by atoms with Gasteiger partial charge in [-0.1, -0.05) is 12.8 Å². The van der Waals surface area contributed by atoms with Crippen LogP contribution in [-0.2, 0) is 13.6 Å². The molecule has 1 saturated carbocycles. The minimum atomic E-state index is 0.673. The molecule has 4 heteroatoms. The lowest BCUT2D eigenvalue weighted by molar-refractivity contribution is 0.213. The Morgan fingerprint density at radius 2 is 2.21 bits per heavy atom. The predicted octanol–water partition coefficient (Wildman–Crippen LogP) is 1.82. The summed E-state index contributed by atoms with van der Waals surface area (Å²) in [5.74, 6) is 0.819. The molecule has 2 heterocycles. The number of aryl methyl sites for hydroxylation is 1. The third-order valence-electron chi connectivity index (χ3n) is 4.75. The molecular formula is C15H26N4. The van der Waals surface area contributed by atoms with Gasteiger partial charge in [0.15, 0.2) is 0 Å². The maximum absolute atomic E-state index is 4.46. The van der Waals surface area contributed by atoms with Gasteiger partial charge in [0, 0.05) is 31.9 Å². The molecule has 0 spiro atoms. The van der Waals surface area contributed by atoms with E-state index in [1.165, 1.54) is 45.1 Å². The van der Waals surface area contributed by atoms with Crippen LogP contribution in [0.25, 0.3) is 0 Å². The van der Waals surface area contributed by atoms with E-state index in [1.807, 2.05) is 17.9 Å². The standard InChI is InChI=1S/C15H26N4/c1-19-10-8-12(18-19)11-17-15-6-3-2-5-13(15)14-7-4-9-16-14/h8,10,13-17H,2-7,9,11H2,1H3. The highest BCUT2D eigenvalue weighted by molar-refractivity contribution is 4.99. The first-order valence-electron chi connectivity index (χ1n) is 7.78. The number of hydrogen-bond acceptors (Lipinski definition) is 3. The van der Waals surface area contributed by atoms with E-state index < -0.39 is 0 Å². The van der Waals surface area contributed by atoms with E-state index in [1.54, 1.807) is 0 Å². The molecule has 3 rings (SSSR count). The Morgan fingerprint density at radius 3 is 2.95 bits per heavy atom. The summed E-state index contributed by atoms with van der Waals surface area (Å²) in [6.45, 7) is 2.13. The summed E-state index contributed by atoms with van der Waals surface area (Å²) in [6.07, 6.45) is 10.2. The van der Waals surface area contributed by atoms with Crippen molar-refractivity contribution in [1.82, 2.24) is 20.4 Å². The van der Waals surface area contributed by atoms with E-state index in [0.29, 0.717) is 6.04 Å². The fraction of sp³-hybridized carbons (Fsp3) is 0.800. The molecule has 1 saturated heterocycles. The molecule has 1 aromatic rings. The van der Waals surface area contributed by atoms with Gasteiger partial charge in [-0.25, -0.2) is 0 Å². The summed E-state index contributed by atoms with van der Waals surface area (Å²) in [5, 5.41) is 11.9. The van der Waals surface area contributed by atoms with E-state index in [2.05, 4.69) is 21.8 Å². The third-order valence-corrected chi connectivity index (χ3v) is 4.75. The van der Waals surface area contributed by atoms with Crippen LogP contribution in [0.15, 0.2) is 12.3 Å². The highest BCUT2D eigenvalue weighted by Crippen LogP contribution is 2.30. The van der Waals surface area contributed by atoms with Gasteiger partial charge in [0.2, 0.25) is 0 Å². The predicted molar refractivity (Wildman–Crippen MR) is 76.8 cm³/mol. The van der Waals surface area contributed by atoms with Gasteiger partial charge in [-0.05, 0) is 44.2 Å². The van der Waals surface area contributed by atoms with Crippen LogP contribution >= 0.6 is 0 Å². The van der Waals surface area contributed by atoms with Crippen molar-refractivity contribution in [3.63, 3.8) is 0 Å². The lowest BCUT2D eigenvalue weighted by atomic mass is 9.79. The maximum Gasteiger partial charge on any atom is 0.0762 e. The normalized spacial score (nSPS) is 31.7. The zero-order valence-corrected chi connectivity index (χ0v) is 11.9. The first kappa shape index (κ1) is 13.1. The average molecular weight is 262 g/mol. The Kier molecular flexibility index (Phi) is 4.18. The second-order valence-electron chi connectivity index (χ2n) is 6.12. The Hall–Kier alpha value is -0.870. The van der Waals surface area contributed by atoms with Crippen molar-refractivity contribution in [3.05, 3.63) is 18.0 Å². The van der Waals surface area contributed by atoms with Gasteiger partial charge in [-0.3, -0.25) is 4.68 Å². The molecular weight excluding hydrogens is 236 g/mol. The van der Waals surface area contributed by atoms with Crippen LogP contribution in [-0.4, -0.2) is 28.4 Å². The molecule has 0 amide bonds. The van der Waals surface area contributed by atoms with E-state index in [9.17, 15) is 0 Å². The molecule has 1 aliphatic carbocycles. The summed E-state index contributed by atoms with van der Waals surface area (Å²) in [4.78, 5) is 0. The van der Waals surface area contributed by atoms with Crippen molar-refractivity contribution < 1.29 is 0 Å². The number of rotatable bonds is 4. The molecule has 0 aromatic carbocycles. The van der Waals surface area contributed by atoms with Crippen molar-refractivity contribution in [1.29, 1.82) is 0 Å². The third kappa shape index (κ3) is 3.18. The second-order valence-corrected chi connectivity index (χ2v) is 6.12. The lowest BCUT2D eigenvalue weighted by Crippen LogP contribution is -2.46. The van der Waals surface area contributed by atoms with Crippen molar-refractivity contribution in [2.45, 2.75) is 57.2 Å². The molecule has 2 aliphatic rings. The first-order valence-corrected chi connectivity index (χ1v) is 7.78. The SMILES string of the molecule is Cn1ccc(CNC2CCCCC2C2CCCN2)n1. The molecule has 2 fully saturated rings. The van der Waals surface area contributed by atoms with Gasteiger partial charge in [0.05, 0.1) is 5.69 Å². The molecule has 0 bridgehead atoms. The smallest absolute Gasteiger partial charge is 0.0762 e. The van der Waals surface area contributed by atoms with Crippen LogP contribution in [0.3, 0.4) is 0 Å². The second kappa shape index (κ2) is 6.06. The van der Waals surface area contributed by atoms with Crippen LogP contribution in [0.4, 0.5) is 0 Å². The number of nitrogens with one attached hydrogen (secondary N) is 2. The molecule has 1 aliphatic heterocycles. The molecule has 4 nitrogen and oxygen atoms in total. The van der Waals surface area contributed by atoms with Crippen LogP contribution in [0.5, 0.6) is 0 Å². The van der Waals surface area contributed by atoms with Crippen LogP contribution < -0.4 is 10.6 Å². The first-order chi connectivity index (χ1) is 9.33. The molecule has 106 valence electrons. The summed E-state index contributed by atoms with van der Waals surface area (Å²) < 4.78 is 1.88. The van der Waals surface area contributed by atoms with Crippen molar-refractivity contribution in [3.8, 4) is 0 Å². The minimum absolute atomic E-state index is 0.673. The molecule has 1 aromatic heterocycles. The van der Waals surface area contributed by atoms with Gasteiger partial charge >= 0.3 is 0 Å². The average Bonchev–Trinajstić information content (AvgIpc) is 3.08. The quantitative estimate of drug-likeness (QED) is 0.870. The minimum Gasteiger partial charge on any atom is -0.314 e. The number of hydrogen-bond donors (Lipinski definition) is 2. The monoisotopic (exact) mass is 262 g/mol. The summed E-state index contributed by atoms with van der Waals surface area (Å²) >= 11 is 0. The number of aromatic nitrogens is 2. The molecule has 2 N–H and O–H groups in total. The van der Waals surface area contributed by atoms with E-state index in [0.717, 1.165) is 24.2 Å². The van der Waals surface area contributed by atoms with Crippen LogP contribution in [0, 0.1) is 5.92 Å². The van der Waals surface area contributed by atoms with Crippen LogP contribution in [0.1, 0.15) is 44.2 Å². The summed E-state index contributed by atoms with van der Waals surface area (Å²) in [7, 11) is 1.98. The summed E-state index contributed by atoms with van der Waals surface area (Å²) in [6, 6.07) is 3.53. The van der Waals surface area contributed by atoms with Crippen LogP contribution in [0.2, 0.25) is 0 Å². The zero-order chi connectivity index (χ0) is 13.1. The highest BCUT2D eigenvalue weighted by atomic mass is 15.3. The van der Waals surface area contributed by atoms with E-state index >= 15 is 0 Å². The molecule has 19 heavy (non-hydrogen) atoms. The molecule has 3 unspecified atom stereocenters. The zero-order valence-electron chi connectivity index (χ0n) is 11.9. The summed E-state index contributed by atoms with van der Waals surface area (Å²) in [5.41, 5.74) is 1.16. The largest absolute Gasteiger partial charge is 0.314 e. The van der Waals surface area contributed by atoms with Crippen molar-refractivity contribution in [2.75, 3.05) is 6.54 Å². The van der Waals surface area contributed by atoms with Gasteiger partial charge < -0.3 is 10.6 Å². The van der Waals surface area contributed by atoms with Gasteiger partial charge in [-0.15, -0.1) is 0 Å². The van der Waals surface area contributed by atoms with Crippen molar-refractivity contribution in [2.24, 2.45) is 13.0 Å². The lowest BCUT2D eigenvalue weighted by Gasteiger charge is -2.36. The fourth-order valence-electron chi connectivity index (χ4n) is 3.76. The Bertz CT molecular complexity index is 395. The fourth-order valence-corrected chi connectivity index (χ4v) is 3.76. The van der Waals surface area contributed by atoms with Crippen molar-refractivity contribution >= 4 is 0 Å². The molecule has 0 radical (unpaired) electrons. The highest BCUT2D eigenvalue weighted by Gasteiger charge is 2.32. The molecule has 3 atom stereocenters. The number of nitrogens with zero attached hydrogens (tertiary/aromatic N) is 2. The van der Waals surface area contributed by atoms with Gasteiger partial charge in [0.25, 0.3) is 0 Å². The van der Waals surface area contributed by atoms with E-state index in [-0.39, 0.29) is 0 Å². The Morgan fingerprint density at radius 1 is 1.32 bits per heavy atom.